The minimum absolute atomic E-state index is 0.145. The summed E-state index contributed by atoms with van der Waals surface area (Å²) in [5, 5.41) is 0. The summed E-state index contributed by atoms with van der Waals surface area (Å²) in [4.78, 5) is 37.9. The lowest BCUT2D eigenvalue weighted by Gasteiger charge is -2.18. The highest BCUT2D eigenvalue weighted by atomic mass is 16.6. The molecule has 6 heteroatoms. The summed E-state index contributed by atoms with van der Waals surface area (Å²) in [6.07, 6.45) is 74.2. The Hall–Kier alpha value is -4.71. The molecule has 0 amide bonds. The fraction of sp³-hybridized carbons (Fsp3) is 0.542. The van der Waals surface area contributed by atoms with Crippen LogP contribution in [0.4, 0.5) is 0 Å². The molecule has 1 unspecified atom stereocenters. The van der Waals surface area contributed by atoms with Crippen LogP contribution in [0.1, 0.15) is 188 Å². The van der Waals surface area contributed by atoms with Gasteiger partial charge in [-0.05, 0) is 89.9 Å². The van der Waals surface area contributed by atoms with Gasteiger partial charge < -0.3 is 14.2 Å². The Balaban J connectivity index is 4.64. The normalized spacial score (nSPS) is 13.3. The molecule has 0 radical (unpaired) electrons. The molecule has 0 aliphatic heterocycles. The van der Waals surface area contributed by atoms with E-state index in [0.717, 1.165) is 89.9 Å². The number of hydrogen-bond acceptors (Lipinski definition) is 6. The van der Waals surface area contributed by atoms with E-state index in [1.807, 2.05) is 54.7 Å². The smallest absolute Gasteiger partial charge is 0.306 e. The number of carbonyl (C=O) groups is 3. The molecule has 0 aromatic rings. The van der Waals surface area contributed by atoms with Crippen molar-refractivity contribution >= 4 is 17.9 Å². The lowest BCUT2D eigenvalue weighted by molar-refractivity contribution is -0.166. The van der Waals surface area contributed by atoms with E-state index in [1.165, 1.54) is 44.9 Å². The molecule has 0 fully saturated rings. The Labute approximate surface area is 397 Å². The second-order valence-corrected chi connectivity index (χ2v) is 16.1. The SMILES string of the molecule is CC/C=C/C/C=C/C/C=C/C/C=C/C/C=C/CCC(=O)OC(COC(=O)CC/C=C/C/C=C/CCCCCCCC)COC(=O)CCCCCCC/C=C/C=C/C=C/C=C/C=C/CCC. The molecule has 0 N–H and O–H groups in total. The predicted molar refractivity (Wildman–Crippen MR) is 279 cm³/mol. The van der Waals surface area contributed by atoms with Crippen molar-refractivity contribution < 1.29 is 28.6 Å². The Morgan fingerprint density at radius 3 is 1.23 bits per heavy atom. The van der Waals surface area contributed by atoms with Gasteiger partial charge in [0.05, 0.1) is 0 Å². The Morgan fingerprint density at radius 1 is 0.338 bits per heavy atom. The number of carbonyl (C=O) groups excluding carboxylic acids is 3. The van der Waals surface area contributed by atoms with Gasteiger partial charge in [0.25, 0.3) is 0 Å². The molecule has 0 saturated heterocycles. The monoisotopic (exact) mass is 895 g/mol. The first kappa shape index (κ1) is 60.3. The maximum Gasteiger partial charge on any atom is 0.306 e. The van der Waals surface area contributed by atoms with Crippen molar-refractivity contribution in [1.82, 2.24) is 0 Å². The summed E-state index contributed by atoms with van der Waals surface area (Å²) in [6, 6.07) is 0. The van der Waals surface area contributed by atoms with Crippen molar-refractivity contribution in [2.45, 2.75) is 194 Å². The highest BCUT2D eigenvalue weighted by Crippen LogP contribution is 2.11. The fourth-order valence-corrected chi connectivity index (χ4v) is 6.16. The van der Waals surface area contributed by atoms with Gasteiger partial charge in [0.2, 0.25) is 0 Å². The summed E-state index contributed by atoms with van der Waals surface area (Å²) in [6.45, 7) is 6.26. The van der Waals surface area contributed by atoms with E-state index < -0.39 is 12.1 Å². The van der Waals surface area contributed by atoms with Crippen molar-refractivity contribution in [3.8, 4) is 0 Å². The number of allylic oxidation sites excluding steroid dienone is 24. The average molecular weight is 895 g/mol. The molecular formula is C59H90O6. The van der Waals surface area contributed by atoms with Gasteiger partial charge >= 0.3 is 17.9 Å². The first-order chi connectivity index (χ1) is 32.0. The van der Waals surface area contributed by atoms with E-state index in [0.29, 0.717) is 19.3 Å². The summed E-state index contributed by atoms with van der Waals surface area (Å²) in [5.74, 6) is -1.13. The second kappa shape index (κ2) is 51.9. The van der Waals surface area contributed by atoms with Crippen LogP contribution in [0.3, 0.4) is 0 Å². The highest BCUT2D eigenvalue weighted by molar-refractivity contribution is 5.71. The molecule has 65 heavy (non-hydrogen) atoms. The molecule has 0 bridgehead atoms. The molecule has 0 aromatic carbocycles. The Kier molecular flexibility index (Phi) is 48.2. The molecule has 0 saturated carbocycles. The molecule has 0 aliphatic rings. The van der Waals surface area contributed by atoms with Crippen LogP contribution in [-0.2, 0) is 28.6 Å². The quantitative estimate of drug-likeness (QED) is 0.0199. The zero-order valence-electron chi connectivity index (χ0n) is 41.2. The lowest BCUT2D eigenvalue weighted by Crippen LogP contribution is -2.30. The van der Waals surface area contributed by atoms with Gasteiger partial charge in [-0.25, -0.2) is 0 Å². The van der Waals surface area contributed by atoms with E-state index in [2.05, 4.69) is 112 Å². The number of rotatable bonds is 43. The first-order valence-electron chi connectivity index (χ1n) is 25.4. The average Bonchev–Trinajstić information content (AvgIpc) is 3.30. The van der Waals surface area contributed by atoms with Crippen LogP contribution in [0.15, 0.2) is 146 Å². The van der Waals surface area contributed by atoms with Crippen LogP contribution < -0.4 is 0 Å². The molecule has 0 spiro atoms. The third kappa shape index (κ3) is 50.2. The Morgan fingerprint density at radius 2 is 0.723 bits per heavy atom. The van der Waals surface area contributed by atoms with Crippen molar-refractivity contribution in [1.29, 1.82) is 0 Å². The number of unbranched alkanes of at least 4 members (excludes halogenated alkanes) is 12. The summed E-state index contributed by atoms with van der Waals surface area (Å²) < 4.78 is 16.6. The third-order valence-corrected chi connectivity index (χ3v) is 9.93. The van der Waals surface area contributed by atoms with Crippen molar-refractivity contribution in [2.75, 3.05) is 13.2 Å². The van der Waals surface area contributed by atoms with E-state index in [-0.39, 0.29) is 38.0 Å². The second-order valence-electron chi connectivity index (χ2n) is 16.1. The molecular weight excluding hydrogens is 805 g/mol. The van der Waals surface area contributed by atoms with Crippen molar-refractivity contribution in [2.24, 2.45) is 0 Å². The van der Waals surface area contributed by atoms with Crippen LogP contribution in [0.5, 0.6) is 0 Å². The minimum atomic E-state index is -0.857. The molecule has 0 rings (SSSR count). The van der Waals surface area contributed by atoms with Crippen molar-refractivity contribution in [3.63, 3.8) is 0 Å². The van der Waals surface area contributed by atoms with E-state index >= 15 is 0 Å². The first-order valence-corrected chi connectivity index (χ1v) is 25.4. The van der Waals surface area contributed by atoms with E-state index in [1.54, 1.807) is 0 Å². The van der Waals surface area contributed by atoms with Crippen LogP contribution in [0, 0.1) is 0 Å². The van der Waals surface area contributed by atoms with Gasteiger partial charge in [0.1, 0.15) is 13.2 Å². The zero-order valence-corrected chi connectivity index (χ0v) is 41.2. The third-order valence-electron chi connectivity index (χ3n) is 9.93. The number of hydrogen-bond donors (Lipinski definition) is 0. The van der Waals surface area contributed by atoms with Gasteiger partial charge in [-0.1, -0.05) is 224 Å². The number of ether oxygens (including phenoxy) is 3. The van der Waals surface area contributed by atoms with Gasteiger partial charge in [-0.2, -0.15) is 0 Å². The van der Waals surface area contributed by atoms with Crippen LogP contribution in [-0.4, -0.2) is 37.2 Å². The van der Waals surface area contributed by atoms with Gasteiger partial charge in [-0.3, -0.25) is 14.4 Å². The van der Waals surface area contributed by atoms with Gasteiger partial charge in [-0.15, -0.1) is 0 Å². The highest BCUT2D eigenvalue weighted by Gasteiger charge is 2.19. The fourth-order valence-electron chi connectivity index (χ4n) is 6.16. The molecule has 0 aliphatic carbocycles. The lowest BCUT2D eigenvalue weighted by atomic mass is 10.1. The standard InChI is InChI=1S/C59H90O6/c1-4-7-10-13-16-19-22-25-27-29-30-32-34-37-40-43-46-49-52-58(61)64-55-56(54-63-57(60)51-48-45-42-39-36-33-24-21-18-15-12-9-6-3)65-59(62)53-50-47-44-41-38-35-31-28-26-23-20-17-14-11-8-5-2/h8,10-11,13,16-17,19-20,22,25-30,32-33,35-36,38,42,44-45,47,56H,4-7,9,12,14-15,18,21,23-24,31,34,37,39-41,43,46,48-55H2,1-3H3/b11-8+,13-10+,19-16+,20-17+,25-22+,28-26+,29-27+,32-30+,36-33+,38-35+,45-42+,47-44+. The molecule has 362 valence electrons. The summed E-state index contributed by atoms with van der Waals surface area (Å²) >= 11 is 0. The van der Waals surface area contributed by atoms with E-state index in [9.17, 15) is 14.4 Å². The summed E-state index contributed by atoms with van der Waals surface area (Å²) in [5.41, 5.74) is 0. The maximum absolute atomic E-state index is 12.8. The van der Waals surface area contributed by atoms with Crippen molar-refractivity contribution in [3.05, 3.63) is 146 Å². The maximum atomic E-state index is 12.8. The predicted octanol–water partition coefficient (Wildman–Crippen LogP) is 16.9. The summed E-state index contributed by atoms with van der Waals surface area (Å²) in [7, 11) is 0. The molecule has 0 heterocycles. The number of esters is 3. The largest absolute Gasteiger partial charge is 0.462 e. The Bertz CT molecular complexity index is 1490. The zero-order chi connectivity index (χ0) is 47.2. The van der Waals surface area contributed by atoms with Gasteiger partial charge in [0.15, 0.2) is 6.10 Å². The van der Waals surface area contributed by atoms with Crippen LogP contribution in [0.25, 0.3) is 0 Å². The van der Waals surface area contributed by atoms with E-state index in [4.69, 9.17) is 14.2 Å². The van der Waals surface area contributed by atoms with Crippen LogP contribution >= 0.6 is 0 Å². The minimum Gasteiger partial charge on any atom is -0.462 e. The molecule has 1 atom stereocenters. The van der Waals surface area contributed by atoms with Crippen LogP contribution in [0.2, 0.25) is 0 Å². The van der Waals surface area contributed by atoms with Gasteiger partial charge in [0, 0.05) is 19.3 Å². The topological polar surface area (TPSA) is 78.9 Å². The molecule has 6 nitrogen and oxygen atoms in total. The molecule has 0 aromatic heterocycles.